The van der Waals surface area contributed by atoms with E-state index in [1.165, 1.54) is 4.90 Å². The van der Waals surface area contributed by atoms with E-state index < -0.39 is 27.9 Å². The molecule has 0 saturated carbocycles. The molecule has 9 heteroatoms. The largest absolute Gasteiger partial charge is 0.477 e. The van der Waals surface area contributed by atoms with E-state index in [-0.39, 0.29) is 39.9 Å². The molecule has 1 aromatic carbocycles. The molecule has 1 aliphatic rings. The topological polar surface area (TPSA) is 95.0 Å². The Labute approximate surface area is 205 Å². The number of thiophene rings is 1. The number of nitrogens with zero attached hydrogens (tertiary/aromatic N) is 2. The molecule has 0 bridgehead atoms. The lowest BCUT2D eigenvalue weighted by Crippen LogP contribution is -2.57. The molecule has 1 amide bonds. The summed E-state index contributed by atoms with van der Waals surface area (Å²) in [4.78, 5) is 27.1. The number of amides is 1. The normalized spacial score (nSPS) is 17.6. The van der Waals surface area contributed by atoms with Crippen LogP contribution in [-0.4, -0.2) is 48.8 Å². The van der Waals surface area contributed by atoms with Gasteiger partial charge in [0.15, 0.2) is 0 Å². The smallest absolute Gasteiger partial charge is 0.348 e. The van der Waals surface area contributed by atoms with Gasteiger partial charge in [0.1, 0.15) is 4.88 Å². The third-order valence-corrected chi connectivity index (χ3v) is 8.25. The number of carboxylic acid groups (broad SMARTS) is 1. The summed E-state index contributed by atoms with van der Waals surface area (Å²) < 4.78 is 27.6. The maximum Gasteiger partial charge on any atom is 0.348 e. The number of rotatable bonds is 5. The highest BCUT2D eigenvalue weighted by Crippen LogP contribution is 2.34. The zero-order valence-corrected chi connectivity index (χ0v) is 21.9. The zero-order valence-electron chi connectivity index (χ0n) is 20.2. The fourth-order valence-electron chi connectivity index (χ4n) is 3.67. The van der Waals surface area contributed by atoms with Crippen molar-refractivity contribution in [3.63, 3.8) is 0 Å². The monoisotopic (exact) mass is 502 g/mol. The van der Waals surface area contributed by atoms with Crippen molar-refractivity contribution in [2.75, 3.05) is 18.0 Å². The number of carbonyl (C=O) groups excluding carboxylic acids is 1. The molecule has 0 spiro atoms. The van der Waals surface area contributed by atoms with Crippen molar-refractivity contribution in [2.24, 2.45) is 5.41 Å². The summed E-state index contributed by atoms with van der Waals surface area (Å²) in [6, 6.07) is 7.74. The van der Waals surface area contributed by atoms with Crippen LogP contribution in [0.2, 0.25) is 0 Å². The lowest BCUT2D eigenvalue weighted by molar-refractivity contribution is -0.120. The second kappa shape index (κ2) is 9.53. The van der Waals surface area contributed by atoms with E-state index in [4.69, 9.17) is 0 Å². The van der Waals surface area contributed by atoms with Gasteiger partial charge < -0.3 is 10.0 Å². The van der Waals surface area contributed by atoms with Crippen LogP contribution in [0.1, 0.15) is 67.6 Å². The molecule has 2 aromatic rings. The first-order valence-electron chi connectivity index (χ1n) is 11.0. The van der Waals surface area contributed by atoms with Gasteiger partial charge >= 0.3 is 5.97 Å². The highest BCUT2D eigenvalue weighted by molar-refractivity contribution is 7.89. The SMILES string of the molecule is CC(C)c1ccc(S(=O)(=O)N2CC(=O)N(c3cc(C#CC(C)(C)C)sc3C(=O)O)[C@H](C)C2)cc1. The molecule has 1 N–H and O–H groups in total. The molecule has 0 aliphatic carbocycles. The van der Waals surface area contributed by atoms with E-state index in [9.17, 15) is 23.1 Å². The Hall–Kier alpha value is -2.67. The molecule has 34 heavy (non-hydrogen) atoms. The molecular formula is C25H30N2O5S2. The Morgan fingerprint density at radius 1 is 1.21 bits per heavy atom. The quantitative estimate of drug-likeness (QED) is 0.612. The average Bonchev–Trinajstić information content (AvgIpc) is 3.15. The standard InChI is InChI=1S/C25H30N2O5S2/c1-16(2)18-7-9-20(10-8-18)34(31,32)26-14-17(3)27(22(28)15-26)21-13-19(11-12-25(4,5)6)33-23(21)24(29)30/h7-10,13,16-17H,14-15H2,1-6H3,(H,29,30)/t17-/m1/s1. The molecular weight excluding hydrogens is 472 g/mol. The summed E-state index contributed by atoms with van der Waals surface area (Å²) in [5.41, 5.74) is 1.02. The van der Waals surface area contributed by atoms with Crippen LogP contribution >= 0.6 is 11.3 Å². The van der Waals surface area contributed by atoms with Gasteiger partial charge in [0.2, 0.25) is 15.9 Å². The van der Waals surface area contributed by atoms with Crippen molar-refractivity contribution in [3.8, 4) is 11.8 Å². The van der Waals surface area contributed by atoms with Gasteiger partial charge in [-0.25, -0.2) is 13.2 Å². The van der Waals surface area contributed by atoms with Gasteiger partial charge in [-0.1, -0.05) is 37.8 Å². The first-order valence-corrected chi connectivity index (χ1v) is 13.3. The summed E-state index contributed by atoms with van der Waals surface area (Å²) in [6.07, 6.45) is 0. The minimum absolute atomic E-state index is 0.0130. The predicted octanol–water partition coefficient (Wildman–Crippen LogP) is 4.39. The zero-order chi connectivity index (χ0) is 25.4. The van der Waals surface area contributed by atoms with Gasteiger partial charge in [-0.05, 0) is 57.4 Å². The number of carboxylic acids is 1. The van der Waals surface area contributed by atoms with Crippen molar-refractivity contribution in [2.45, 2.75) is 58.4 Å². The molecule has 1 saturated heterocycles. The first-order chi connectivity index (χ1) is 15.7. The third-order valence-electron chi connectivity index (χ3n) is 5.40. The fourth-order valence-corrected chi connectivity index (χ4v) is 5.98. The van der Waals surface area contributed by atoms with Crippen LogP contribution in [0.4, 0.5) is 5.69 Å². The molecule has 1 aromatic heterocycles. The summed E-state index contributed by atoms with van der Waals surface area (Å²) >= 11 is 1.01. The molecule has 7 nitrogen and oxygen atoms in total. The fraction of sp³-hybridized carbons (Fsp3) is 0.440. The Morgan fingerprint density at radius 2 is 1.82 bits per heavy atom. The van der Waals surface area contributed by atoms with Crippen LogP contribution in [0.25, 0.3) is 0 Å². The van der Waals surface area contributed by atoms with Crippen LogP contribution in [0.5, 0.6) is 0 Å². The Balaban J connectivity index is 1.90. The third kappa shape index (κ3) is 5.52. The van der Waals surface area contributed by atoms with Crippen molar-refractivity contribution >= 4 is 38.9 Å². The lowest BCUT2D eigenvalue weighted by atomic mass is 9.98. The van der Waals surface area contributed by atoms with Crippen LogP contribution < -0.4 is 4.90 Å². The molecule has 0 unspecified atom stereocenters. The molecule has 2 heterocycles. The Kier molecular flexibility index (Phi) is 7.27. The van der Waals surface area contributed by atoms with E-state index in [1.54, 1.807) is 37.3 Å². The molecule has 3 rings (SSSR count). The lowest BCUT2D eigenvalue weighted by Gasteiger charge is -2.38. The molecule has 1 aliphatic heterocycles. The number of aromatic carboxylic acids is 1. The summed E-state index contributed by atoms with van der Waals surface area (Å²) in [7, 11) is -3.87. The van der Waals surface area contributed by atoms with Crippen molar-refractivity contribution < 1.29 is 23.1 Å². The minimum atomic E-state index is -3.87. The number of carbonyl (C=O) groups is 2. The summed E-state index contributed by atoms with van der Waals surface area (Å²) in [6.45, 7) is 11.3. The maximum absolute atomic E-state index is 13.2. The van der Waals surface area contributed by atoms with Crippen molar-refractivity contribution in [1.29, 1.82) is 0 Å². The van der Waals surface area contributed by atoms with Crippen LogP contribution in [0.15, 0.2) is 35.2 Å². The second-order valence-corrected chi connectivity index (χ2v) is 12.8. The van der Waals surface area contributed by atoms with Gasteiger partial charge in [0.25, 0.3) is 0 Å². The van der Waals surface area contributed by atoms with E-state index in [1.807, 2.05) is 34.6 Å². The Morgan fingerprint density at radius 3 is 2.32 bits per heavy atom. The number of hydrogen-bond acceptors (Lipinski definition) is 5. The number of piperazine rings is 1. The highest BCUT2D eigenvalue weighted by Gasteiger charge is 2.39. The van der Waals surface area contributed by atoms with Gasteiger partial charge in [-0.3, -0.25) is 4.79 Å². The summed E-state index contributed by atoms with van der Waals surface area (Å²) in [5.74, 6) is 4.72. The molecule has 0 radical (unpaired) electrons. The minimum Gasteiger partial charge on any atom is -0.477 e. The molecule has 1 fully saturated rings. The molecule has 182 valence electrons. The summed E-state index contributed by atoms with van der Waals surface area (Å²) in [5, 5.41) is 9.72. The number of hydrogen-bond donors (Lipinski definition) is 1. The van der Waals surface area contributed by atoms with E-state index in [0.29, 0.717) is 4.88 Å². The van der Waals surface area contributed by atoms with E-state index >= 15 is 0 Å². The maximum atomic E-state index is 13.2. The predicted molar refractivity (Wildman–Crippen MR) is 134 cm³/mol. The van der Waals surface area contributed by atoms with Gasteiger partial charge in [-0.2, -0.15) is 4.31 Å². The van der Waals surface area contributed by atoms with Gasteiger partial charge in [-0.15, -0.1) is 11.3 Å². The van der Waals surface area contributed by atoms with Gasteiger partial charge in [0, 0.05) is 18.0 Å². The second-order valence-electron chi connectivity index (χ2n) is 9.76. The first kappa shape index (κ1) is 25.9. The van der Waals surface area contributed by atoms with Crippen LogP contribution in [0, 0.1) is 17.3 Å². The van der Waals surface area contributed by atoms with Gasteiger partial charge in [0.05, 0.1) is 22.0 Å². The van der Waals surface area contributed by atoms with Crippen molar-refractivity contribution in [3.05, 3.63) is 45.6 Å². The van der Waals surface area contributed by atoms with Crippen LogP contribution in [0.3, 0.4) is 0 Å². The van der Waals surface area contributed by atoms with Crippen LogP contribution in [-0.2, 0) is 14.8 Å². The Bertz CT molecular complexity index is 1260. The molecule has 1 atom stereocenters. The van der Waals surface area contributed by atoms with Crippen molar-refractivity contribution in [1.82, 2.24) is 4.31 Å². The van der Waals surface area contributed by atoms with E-state index in [0.717, 1.165) is 21.2 Å². The average molecular weight is 503 g/mol. The number of benzene rings is 1. The highest BCUT2D eigenvalue weighted by atomic mass is 32.2. The van der Waals surface area contributed by atoms with E-state index in [2.05, 4.69) is 11.8 Å². The number of sulfonamides is 1. The number of anilines is 1.